The zero-order valence-electron chi connectivity index (χ0n) is 12.9. The number of ether oxygens (including phenoxy) is 1. The summed E-state index contributed by atoms with van der Waals surface area (Å²) in [6.45, 7) is 6.05. The molecular weight excluding hydrogens is 325 g/mol. The Morgan fingerprint density at radius 3 is 2.18 bits per heavy atom. The van der Waals surface area contributed by atoms with Crippen LogP contribution in [0.4, 0.5) is 13.2 Å². The zero-order chi connectivity index (χ0) is 17.6. The van der Waals surface area contributed by atoms with Crippen molar-refractivity contribution in [2.45, 2.75) is 58.7 Å². The molecule has 9 heteroatoms. The summed E-state index contributed by atoms with van der Waals surface area (Å²) in [5.41, 5.74) is 0. The van der Waals surface area contributed by atoms with Crippen molar-refractivity contribution in [1.29, 1.82) is 0 Å². The van der Waals surface area contributed by atoms with E-state index in [1.54, 1.807) is 0 Å². The summed E-state index contributed by atoms with van der Waals surface area (Å²) in [4.78, 5) is 11.4. The Balaban J connectivity index is 4.47. The lowest BCUT2D eigenvalue weighted by atomic mass is 9.88. The maximum atomic E-state index is 12.6. The number of esters is 1. The lowest BCUT2D eigenvalue weighted by Gasteiger charge is -2.20. The van der Waals surface area contributed by atoms with Gasteiger partial charge in [-0.15, -0.1) is 0 Å². The van der Waals surface area contributed by atoms with Gasteiger partial charge in [0.25, 0.3) is 10.1 Å². The first-order valence-electron chi connectivity index (χ1n) is 7.08. The molecule has 0 rings (SSSR count). The maximum Gasteiger partial charge on any atom is 0.426 e. The monoisotopic (exact) mass is 348 g/mol. The van der Waals surface area contributed by atoms with Gasteiger partial charge in [-0.25, -0.2) is 0 Å². The number of halogens is 3. The van der Waals surface area contributed by atoms with Crippen LogP contribution < -0.4 is 0 Å². The molecule has 0 saturated heterocycles. The molecule has 0 aromatic carbocycles. The van der Waals surface area contributed by atoms with Crippen LogP contribution in [0.3, 0.4) is 0 Å². The van der Waals surface area contributed by atoms with Gasteiger partial charge in [-0.1, -0.05) is 27.2 Å². The Kier molecular flexibility index (Phi) is 8.38. The van der Waals surface area contributed by atoms with Crippen molar-refractivity contribution in [1.82, 2.24) is 0 Å². The van der Waals surface area contributed by atoms with Crippen molar-refractivity contribution in [3.05, 3.63) is 0 Å². The number of hydrogen-bond acceptors (Lipinski definition) is 4. The third kappa shape index (κ3) is 9.24. The van der Waals surface area contributed by atoms with Crippen LogP contribution in [0.1, 0.15) is 46.5 Å². The van der Waals surface area contributed by atoms with Crippen molar-refractivity contribution in [3.8, 4) is 0 Å². The van der Waals surface area contributed by atoms with Crippen LogP contribution in [-0.2, 0) is 19.6 Å². The van der Waals surface area contributed by atoms with Gasteiger partial charge in [-0.3, -0.25) is 9.35 Å². The maximum absolute atomic E-state index is 12.6. The Morgan fingerprint density at radius 2 is 1.82 bits per heavy atom. The van der Waals surface area contributed by atoms with E-state index in [0.717, 1.165) is 6.42 Å². The van der Waals surface area contributed by atoms with E-state index >= 15 is 0 Å². The highest BCUT2D eigenvalue weighted by Crippen LogP contribution is 2.25. The Hall–Kier alpha value is -0.830. The summed E-state index contributed by atoms with van der Waals surface area (Å²) in [6, 6.07) is 0. The minimum atomic E-state index is -5.05. The lowest BCUT2D eigenvalue weighted by molar-refractivity contribution is -0.215. The Bertz CT molecular complexity index is 445. The SMILES string of the molecule is CCC(CCCC(=O)OC(CS(=O)(=O)O)C(F)(F)F)C(C)C. The van der Waals surface area contributed by atoms with Gasteiger partial charge >= 0.3 is 12.1 Å². The van der Waals surface area contributed by atoms with Crippen LogP contribution in [0.25, 0.3) is 0 Å². The second kappa shape index (κ2) is 8.71. The van der Waals surface area contributed by atoms with Gasteiger partial charge in [-0.05, 0) is 24.7 Å². The summed E-state index contributed by atoms with van der Waals surface area (Å²) in [5.74, 6) is -2.04. The van der Waals surface area contributed by atoms with Crippen molar-refractivity contribution in [3.63, 3.8) is 0 Å². The molecule has 0 aliphatic carbocycles. The number of carbonyl (C=O) groups is 1. The van der Waals surface area contributed by atoms with Gasteiger partial charge in [0.1, 0.15) is 5.75 Å². The van der Waals surface area contributed by atoms with Gasteiger partial charge < -0.3 is 4.74 Å². The molecule has 0 heterocycles. The number of hydrogen-bond donors (Lipinski definition) is 1. The average Bonchev–Trinajstić information content (AvgIpc) is 2.30. The smallest absolute Gasteiger partial charge is 0.426 e. The van der Waals surface area contributed by atoms with E-state index in [4.69, 9.17) is 4.55 Å². The largest absolute Gasteiger partial charge is 0.451 e. The first-order valence-corrected chi connectivity index (χ1v) is 8.69. The molecule has 0 saturated carbocycles. The van der Waals surface area contributed by atoms with Crippen molar-refractivity contribution in [2.75, 3.05) is 5.75 Å². The number of carbonyl (C=O) groups excluding carboxylic acids is 1. The summed E-state index contributed by atoms with van der Waals surface area (Å²) in [6.07, 6.45) is -6.16. The first kappa shape index (κ1) is 21.2. The fourth-order valence-corrected chi connectivity index (χ4v) is 2.76. The molecule has 132 valence electrons. The highest BCUT2D eigenvalue weighted by Gasteiger charge is 2.45. The van der Waals surface area contributed by atoms with Crippen molar-refractivity contribution < 1.29 is 35.7 Å². The summed E-state index contributed by atoms with van der Waals surface area (Å²) in [7, 11) is -4.90. The molecule has 22 heavy (non-hydrogen) atoms. The number of rotatable bonds is 9. The Morgan fingerprint density at radius 1 is 1.27 bits per heavy atom. The van der Waals surface area contributed by atoms with Crippen molar-refractivity contribution >= 4 is 16.1 Å². The highest BCUT2D eigenvalue weighted by atomic mass is 32.2. The summed E-state index contributed by atoms with van der Waals surface area (Å²) >= 11 is 0. The van der Waals surface area contributed by atoms with Crippen LogP contribution in [-0.4, -0.2) is 37.0 Å². The predicted octanol–water partition coefficient (Wildman–Crippen LogP) is 3.20. The second-order valence-corrected chi connectivity index (χ2v) is 7.07. The van der Waals surface area contributed by atoms with Gasteiger partial charge in [-0.2, -0.15) is 21.6 Å². The van der Waals surface area contributed by atoms with Crippen LogP contribution in [0.5, 0.6) is 0 Å². The van der Waals surface area contributed by atoms with Gasteiger partial charge in [0.15, 0.2) is 0 Å². The quantitative estimate of drug-likeness (QED) is 0.511. The minimum Gasteiger partial charge on any atom is -0.451 e. The molecule has 0 amide bonds. The van der Waals surface area contributed by atoms with Crippen LogP contribution in [0, 0.1) is 11.8 Å². The molecule has 0 aliphatic heterocycles. The van der Waals surface area contributed by atoms with E-state index < -0.39 is 34.1 Å². The summed E-state index contributed by atoms with van der Waals surface area (Å²) < 4.78 is 71.5. The molecule has 0 radical (unpaired) electrons. The molecule has 0 fully saturated rings. The fourth-order valence-electron chi connectivity index (χ4n) is 2.12. The van der Waals surface area contributed by atoms with E-state index in [-0.39, 0.29) is 6.42 Å². The standard InChI is InChI=1S/C13H23F3O5S/c1-4-10(9(2)3)6-5-7-12(17)21-11(13(14,15)16)8-22(18,19)20/h9-11H,4-8H2,1-3H3,(H,18,19,20). The lowest BCUT2D eigenvalue weighted by Crippen LogP contribution is -2.39. The molecule has 0 aromatic heterocycles. The molecular formula is C13H23F3O5S. The molecule has 0 aromatic rings. The van der Waals surface area contributed by atoms with E-state index in [0.29, 0.717) is 24.7 Å². The summed E-state index contributed by atoms with van der Waals surface area (Å²) in [5, 5.41) is 0. The van der Waals surface area contributed by atoms with E-state index in [1.165, 1.54) is 0 Å². The molecule has 1 N–H and O–H groups in total. The van der Waals surface area contributed by atoms with Crippen LogP contribution in [0.2, 0.25) is 0 Å². The van der Waals surface area contributed by atoms with Crippen LogP contribution >= 0.6 is 0 Å². The Labute approximate surface area is 129 Å². The molecule has 5 nitrogen and oxygen atoms in total. The average molecular weight is 348 g/mol. The van der Waals surface area contributed by atoms with Crippen LogP contribution in [0.15, 0.2) is 0 Å². The molecule has 2 atom stereocenters. The zero-order valence-corrected chi connectivity index (χ0v) is 13.7. The van der Waals surface area contributed by atoms with Gasteiger partial charge in [0, 0.05) is 6.42 Å². The highest BCUT2D eigenvalue weighted by molar-refractivity contribution is 7.85. The van der Waals surface area contributed by atoms with E-state index in [9.17, 15) is 26.4 Å². The van der Waals surface area contributed by atoms with Gasteiger partial charge in [0.05, 0.1) is 0 Å². The third-order valence-corrected chi connectivity index (χ3v) is 4.15. The first-order chi connectivity index (χ1) is 9.86. The molecule has 0 spiro atoms. The van der Waals surface area contributed by atoms with E-state index in [2.05, 4.69) is 4.74 Å². The fraction of sp³-hybridized carbons (Fsp3) is 0.923. The minimum absolute atomic E-state index is 0.221. The van der Waals surface area contributed by atoms with E-state index in [1.807, 2.05) is 20.8 Å². The number of alkyl halides is 3. The van der Waals surface area contributed by atoms with Gasteiger partial charge in [0.2, 0.25) is 6.10 Å². The second-order valence-electron chi connectivity index (χ2n) is 5.57. The predicted molar refractivity (Wildman–Crippen MR) is 74.8 cm³/mol. The third-order valence-electron chi connectivity index (χ3n) is 3.42. The molecule has 2 unspecified atom stereocenters. The van der Waals surface area contributed by atoms with Crippen molar-refractivity contribution in [2.24, 2.45) is 11.8 Å². The molecule has 0 bridgehead atoms. The normalized spacial score (nSPS) is 15.6. The topological polar surface area (TPSA) is 80.7 Å². The molecule has 0 aliphatic rings.